The molecule has 5 heteroatoms. The van der Waals surface area contributed by atoms with E-state index < -0.39 is 0 Å². The van der Waals surface area contributed by atoms with Gasteiger partial charge in [-0.05, 0) is 5.56 Å². The Balaban J connectivity index is 2.52. The summed E-state index contributed by atoms with van der Waals surface area (Å²) in [6.45, 7) is 0. The fourth-order valence-electron chi connectivity index (χ4n) is 1.30. The van der Waals surface area contributed by atoms with Crippen LogP contribution in [0.25, 0.3) is 0 Å². The van der Waals surface area contributed by atoms with E-state index in [0.29, 0.717) is 0 Å². The van der Waals surface area contributed by atoms with Gasteiger partial charge >= 0.3 is 0 Å². The van der Waals surface area contributed by atoms with Crippen LogP contribution in [-0.4, -0.2) is 4.92 Å². The van der Waals surface area contributed by atoms with Crippen LogP contribution in [0.2, 0.25) is 0 Å². The van der Waals surface area contributed by atoms with E-state index in [0.717, 1.165) is 22.6 Å². The standard InChI is InChI=1S/C8H7NO2S2/c10-9(11)8-3-1-2-6-4-12-13-5-7(6)8/h1-3H,4-5H2. The third kappa shape index (κ3) is 1.66. The van der Waals surface area contributed by atoms with E-state index in [1.165, 1.54) is 0 Å². The number of fused-ring (bicyclic) bond motifs is 1. The topological polar surface area (TPSA) is 43.1 Å². The van der Waals surface area contributed by atoms with Gasteiger partial charge in [0.25, 0.3) is 5.69 Å². The van der Waals surface area contributed by atoms with Crippen molar-refractivity contribution in [1.82, 2.24) is 0 Å². The van der Waals surface area contributed by atoms with Crippen molar-refractivity contribution in [2.24, 2.45) is 0 Å². The Labute approximate surface area is 83.5 Å². The predicted octanol–water partition coefficient (Wildman–Crippen LogP) is 2.99. The Hall–Kier alpha value is -0.680. The van der Waals surface area contributed by atoms with E-state index >= 15 is 0 Å². The molecule has 0 saturated heterocycles. The van der Waals surface area contributed by atoms with Crippen molar-refractivity contribution >= 4 is 27.3 Å². The Morgan fingerprint density at radius 2 is 2.08 bits per heavy atom. The first kappa shape index (κ1) is 8.90. The van der Waals surface area contributed by atoms with Crippen molar-refractivity contribution in [3.05, 3.63) is 39.4 Å². The highest BCUT2D eigenvalue weighted by Crippen LogP contribution is 2.40. The summed E-state index contributed by atoms with van der Waals surface area (Å²) in [5, 5.41) is 10.7. The van der Waals surface area contributed by atoms with Crippen molar-refractivity contribution in [2.45, 2.75) is 11.5 Å². The Bertz CT molecular complexity index is 354. The summed E-state index contributed by atoms with van der Waals surface area (Å²) in [6.07, 6.45) is 0. The van der Waals surface area contributed by atoms with Gasteiger partial charge in [-0.2, -0.15) is 0 Å². The highest BCUT2D eigenvalue weighted by molar-refractivity contribution is 8.76. The van der Waals surface area contributed by atoms with Crippen LogP contribution in [-0.2, 0) is 11.5 Å². The number of nitro benzene ring substituents is 1. The summed E-state index contributed by atoms with van der Waals surface area (Å²) in [6, 6.07) is 5.30. The van der Waals surface area contributed by atoms with Gasteiger partial charge in [0.1, 0.15) is 0 Å². The minimum atomic E-state index is -0.296. The van der Waals surface area contributed by atoms with Crippen molar-refractivity contribution in [3.8, 4) is 0 Å². The quantitative estimate of drug-likeness (QED) is 0.408. The molecule has 1 aromatic carbocycles. The van der Waals surface area contributed by atoms with Gasteiger partial charge in [-0.15, -0.1) is 0 Å². The second kappa shape index (κ2) is 3.59. The van der Waals surface area contributed by atoms with Gasteiger partial charge in [0.05, 0.1) is 4.92 Å². The van der Waals surface area contributed by atoms with Crippen LogP contribution >= 0.6 is 21.6 Å². The molecule has 0 saturated carbocycles. The van der Waals surface area contributed by atoms with E-state index in [4.69, 9.17) is 0 Å². The van der Waals surface area contributed by atoms with Crippen LogP contribution in [0.3, 0.4) is 0 Å². The molecule has 0 fully saturated rings. The molecule has 1 aliphatic heterocycles. The molecule has 0 unspecified atom stereocenters. The first-order valence-electron chi connectivity index (χ1n) is 3.78. The van der Waals surface area contributed by atoms with Gasteiger partial charge in [0.2, 0.25) is 0 Å². The predicted molar refractivity (Wildman–Crippen MR) is 55.7 cm³/mol. The van der Waals surface area contributed by atoms with Gasteiger partial charge in [0.15, 0.2) is 0 Å². The monoisotopic (exact) mass is 213 g/mol. The Morgan fingerprint density at radius 1 is 1.31 bits per heavy atom. The average molecular weight is 213 g/mol. The second-order valence-corrected chi connectivity index (χ2v) is 5.16. The van der Waals surface area contributed by atoms with E-state index in [1.807, 2.05) is 6.07 Å². The van der Waals surface area contributed by atoms with Crippen LogP contribution < -0.4 is 0 Å². The summed E-state index contributed by atoms with van der Waals surface area (Å²) < 4.78 is 0. The van der Waals surface area contributed by atoms with Crippen molar-refractivity contribution < 1.29 is 4.92 Å². The molecule has 0 spiro atoms. The van der Waals surface area contributed by atoms with Gasteiger partial charge in [-0.25, -0.2) is 0 Å². The highest BCUT2D eigenvalue weighted by atomic mass is 33.1. The van der Waals surface area contributed by atoms with Gasteiger partial charge < -0.3 is 0 Å². The van der Waals surface area contributed by atoms with Gasteiger partial charge in [0, 0.05) is 23.1 Å². The Morgan fingerprint density at radius 3 is 2.85 bits per heavy atom. The zero-order valence-electron chi connectivity index (χ0n) is 6.73. The fraction of sp³-hybridized carbons (Fsp3) is 0.250. The molecular formula is C8H7NO2S2. The molecule has 0 radical (unpaired) electrons. The maximum absolute atomic E-state index is 10.7. The molecule has 0 bridgehead atoms. The molecule has 0 aromatic heterocycles. The van der Waals surface area contributed by atoms with E-state index in [-0.39, 0.29) is 10.6 Å². The number of hydrogen-bond acceptors (Lipinski definition) is 4. The zero-order valence-corrected chi connectivity index (χ0v) is 8.36. The number of nitrogens with zero attached hydrogens (tertiary/aromatic N) is 1. The molecule has 1 aromatic rings. The van der Waals surface area contributed by atoms with E-state index in [9.17, 15) is 10.1 Å². The zero-order chi connectivity index (χ0) is 9.26. The van der Waals surface area contributed by atoms with Crippen LogP contribution in [0.15, 0.2) is 18.2 Å². The molecule has 0 N–H and O–H groups in total. The largest absolute Gasteiger partial charge is 0.273 e. The molecule has 0 amide bonds. The lowest BCUT2D eigenvalue weighted by atomic mass is 10.1. The number of benzene rings is 1. The fourth-order valence-corrected chi connectivity index (χ4v) is 3.55. The van der Waals surface area contributed by atoms with Gasteiger partial charge in [-0.1, -0.05) is 33.7 Å². The van der Waals surface area contributed by atoms with Crippen LogP contribution in [0.4, 0.5) is 5.69 Å². The van der Waals surface area contributed by atoms with Crippen LogP contribution in [0.5, 0.6) is 0 Å². The number of hydrogen-bond donors (Lipinski definition) is 0. The first-order chi connectivity index (χ1) is 6.29. The van der Waals surface area contributed by atoms with E-state index in [1.54, 1.807) is 33.7 Å². The third-order valence-corrected chi connectivity index (χ3v) is 4.16. The minimum Gasteiger partial charge on any atom is -0.258 e. The summed E-state index contributed by atoms with van der Waals surface area (Å²) in [5.74, 6) is 1.62. The molecule has 13 heavy (non-hydrogen) atoms. The Kier molecular flexibility index (Phi) is 2.46. The molecular weight excluding hydrogens is 206 g/mol. The molecule has 3 nitrogen and oxygen atoms in total. The lowest BCUT2D eigenvalue weighted by molar-refractivity contribution is -0.385. The molecule has 68 valence electrons. The minimum absolute atomic E-state index is 0.269. The summed E-state index contributed by atoms with van der Waals surface area (Å²) >= 11 is 0. The maximum atomic E-state index is 10.7. The van der Waals surface area contributed by atoms with Crippen molar-refractivity contribution in [2.75, 3.05) is 0 Å². The van der Waals surface area contributed by atoms with Crippen molar-refractivity contribution in [1.29, 1.82) is 0 Å². The number of rotatable bonds is 1. The molecule has 1 aliphatic rings. The maximum Gasteiger partial charge on any atom is 0.273 e. The molecule has 0 aliphatic carbocycles. The second-order valence-electron chi connectivity index (χ2n) is 2.70. The number of nitro groups is 1. The SMILES string of the molecule is O=[N+]([O-])c1cccc2c1CSSC2. The molecule has 2 rings (SSSR count). The normalized spacial score (nSPS) is 15.1. The lowest BCUT2D eigenvalue weighted by Crippen LogP contribution is -2.00. The lowest BCUT2D eigenvalue weighted by Gasteiger charge is -2.13. The third-order valence-electron chi connectivity index (χ3n) is 1.95. The van der Waals surface area contributed by atoms with Gasteiger partial charge in [-0.3, -0.25) is 10.1 Å². The molecule has 1 heterocycles. The molecule has 0 atom stereocenters. The average Bonchev–Trinajstić information content (AvgIpc) is 2.17. The summed E-state index contributed by atoms with van der Waals surface area (Å²) in [5.41, 5.74) is 2.28. The van der Waals surface area contributed by atoms with Crippen LogP contribution in [0, 0.1) is 10.1 Å². The van der Waals surface area contributed by atoms with Crippen molar-refractivity contribution in [3.63, 3.8) is 0 Å². The summed E-state index contributed by atoms with van der Waals surface area (Å²) in [7, 11) is 3.43. The highest BCUT2D eigenvalue weighted by Gasteiger charge is 2.19. The smallest absolute Gasteiger partial charge is 0.258 e. The van der Waals surface area contributed by atoms with E-state index in [2.05, 4.69) is 0 Å². The summed E-state index contributed by atoms with van der Waals surface area (Å²) in [4.78, 5) is 10.4. The first-order valence-corrected chi connectivity index (χ1v) is 6.27. The van der Waals surface area contributed by atoms with Crippen LogP contribution in [0.1, 0.15) is 11.1 Å².